The smallest absolute Gasteiger partial charge is 0.345 e. The molecule has 0 radical (unpaired) electrons. The zero-order chi connectivity index (χ0) is 21.1. The van der Waals surface area contributed by atoms with Crippen LogP contribution in [0.4, 0.5) is 0 Å². The molecular weight excluding hydrogens is 384 g/mol. The van der Waals surface area contributed by atoms with E-state index in [2.05, 4.69) is 15.0 Å². The number of piperidine rings is 1. The van der Waals surface area contributed by atoms with Crippen molar-refractivity contribution in [1.82, 2.24) is 19.9 Å². The molecule has 1 N–H and O–H groups in total. The van der Waals surface area contributed by atoms with E-state index in [0.717, 1.165) is 29.9 Å². The fourth-order valence-corrected chi connectivity index (χ4v) is 3.75. The fourth-order valence-electron chi connectivity index (χ4n) is 3.75. The van der Waals surface area contributed by atoms with Crippen molar-refractivity contribution >= 4 is 5.91 Å². The van der Waals surface area contributed by atoms with Crippen molar-refractivity contribution < 1.29 is 13.9 Å². The van der Waals surface area contributed by atoms with Crippen molar-refractivity contribution in [3.05, 3.63) is 75.6 Å². The van der Waals surface area contributed by atoms with E-state index in [1.54, 1.807) is 31.2 Å². The van der Waals surface area contributed by atoms with Crippen LogP contribution in [0.3, 0.4) is 0 Å². The molecule has 2 aromatic heterocycles. The number of hydrogen-bond donors (Lipinski definition) is 1. The van der Waals surface area contributed by atoms with Crippen molar-refractivity contribution in [2.24, 2.45) is 0 Å². The molecule has 30 heavy (non-hydrogen) atoms. The minimum absolute atomic E-state index is 0.0235. The molecule has 1 aliphatic rings. The summed E-state index contributed by atoms with van der Waals surface area (Å²) >= 11 is 0. The van der Waals surface area contributed by atoms with Crippen LogP contribution in [-0.4, -0.2) is 46.0 Å². The lowest BCUT2D eigenvalue weighted by Gasteiger charge is -2.31. The van der Waals surface area contributed by atoms with Gasteiger partial charge in [0.1, 0.15) is 17.2 Å². The Hall–Kier alpha value is -3.42. The highest BCUT2D eigenvalue weighted by Crippen LogP contribution is 2.28. The lowest BCUT2D eigenvalue weighted by molar-refractivity contribution is 0.0691. The molecule has 8 heteroatoms. The maximum Gasteiger partial charge on any atom is 0.345 e. The van der Waals surface area contributed by atoms with Gasteiger partial charge in [0.15, 0.2) is 5.89 Å². The van der Waals surface area contributed by atoms with Crippen LogP contribution < -0.4 is 10.4 Å². The van der Waals surface area contributed by atoms with E-state index in [4.69, 9.17) is 9.15 Å². The van der Waals surface area contributed by atoms with Crippen LogP contribution in [0.25, 0.3) is 0 Å². The van der Waals surface area contributed by atoms with Gasteiger partial charge in [-0.05, 0) is 43.5 Å². The highest BCUT2D eigenvalue weighted by atomic mass is 16.5. The number of aromatic amines is 1. The summed E-state index contributed by atoms with van der Waals surface area (Å²) in [5.41, 5.74) is 1.38. The third-order valence-corrected chi connectivity index (χ3v) is 5.27. The molecule has 1 unspecified atom stereocenters. The summed E-state index contributed by atoms with van der Waals surface area (Å²) in [4.78, 5) is 37.0. The molecular formula is C22H24N4O4. The number of amides is 1. The molecule has 4 rings (SSSR count). The minimum atomic E-state index is -0.511. The largest absolute Gasteiger partial charge is 0.497 e. The highest BCUT2D eigenvalue weighted by Gasteiger charge is 2.29. The van der Waals surface area contributed by atoms with Gasteiger partial charge in [-0.2, -0.15) is 4.98 Å². The maximum absolute atomic E-state index is 12.8. The number of aromatic nitrogens is 3. The van der Waals surface area contributed by atoms with E-state index < -0.39 is 5.69 Å². The summed E-state index contributed by atoms with van der Waals surface area (Å²) in [7, 11) is 1.64. The number of carbonyl (C=O) groups is 1. The standard InChI is InChI=1S/C22H24N4O4/c1-14-10-19(25-22(28)24-14)21(27)26-9-3-4-16(13-26)20-23-12-18(30-20)11-15-5-7-17(29-2)8-6-15/h5-8,10,12,16H,3-4,9,11,13H2,1-2H3,(H,24,25,28). The second-order valence-corrected chi connectivity index (χ2v) is 7.53. The Balaban J connectivity index is 1.44. The number of rotatable bonds is 5. The first-order valence-corrected chi connectivity index (χ1v) is 9.96. The summed E-state index contributed by atoms with van der Waals surface area (Å²) in [5, 5.41) is 0. The Morgan fingerprint density at radius 1 is 1.33 bits per heavy atom. The predicted octanol–water partition coefficient (Wildman–Crippen LogP) is 2.69. The van der Waals surface area contributed by atoms with Gasteiger partial charge in [0, 0.05) is 25.2 Å². The van der Waals surface area contributed by atoms with E-state index in [0.29, 0.717) is 31.1 Å². The normalized spacial score (nSPS) is 16.5. The van der Waals surface area contributed by atoms with Gasteiger partial charge in [0.25, 0.3) is 5.91 Å². The lowest BCUT2D eigenvalue weighted by Crippen LogP contribution is -2.40. The van der Waals surface area contributed by atoms with E-state index in [1.165, 1.54) is 0 Å². The monoisotopic (exact) mass is 408 g/mol. The molecule has 1 fully saturated rings. The number of benzene rings is 1. The number of methoxy groups -OCH3 is 1. The van der Waals surface area contributed by atoms with Gasteiger partial charge < -0.3 is 19.0 Å². The van der Waals surface area contributed by atoms with Gasteiger partial charge in [-0.25, -0.2) is 9.78 Å². The first-order chi connectivity index (χ1) is 14.5. The molecule has 3 heterocycles. The minimum Gasteiger partial charge on any atom is -0.497 e. The predicted molar refractivity (Wildman–Crippen MR) is 110 cm³/mol. The Bertz CT molecular complexity index is 1090. The van der Waals surface area contributed by atoms with Gasteiger partial charge in [-0.15, -0.1) is 0 Å². The van der Waals surface area contributed by atoms with Crippen LogP contribution in [0.2, 0.25) is 0 Å². The first kappa shape index (κ1) is 19.9. The number of nitrogens with one attached hydrogen (secondary N) is 1. The Labute approximate surface area is 173 Å². The van der Waals surface area contributed by atoms with Gasteiger partial charge in [0.2, 0.25) is 0 Å². The summed E-state index contributed by atoms with van der Waals surface area (Å²) < 4.78 is 11.2. The zero-order valence-electron chi connectivity index (χ0n) is 17.1. The van der Waals surface area contributed by atoms with Gasteiger partial charge >= 0.3 is 5.69 Å². The van der Waals surface area contributed by atoms with Crippen LogP contribution in [0, 0.1) is 6.92 Å². The third-order valence-electron chi connectivity index (χ3n) is 5.27. The molecule has 1 aliphatic heterocycles. The van der Waals surface area contributed by atoms with Gasteiger partial charge in [0.05, 0.1) is 19.2 Å². The van der Waals surface area contributed by atoms with Crippen molar-refractivity contribution in [2.45, 2.75) is 32.1 Å². The maximum atomic E-state index is 12.8. The number of ether oxygens (including phenoxy) is 1. The molecule has 3 aromatic rings. The first-order valence-electron chi connectivity index (χ1n) is 9.96. The zero-order valence-corrected chi connectivity index (χ0v) is 17.1. The fraction of sp³-hybridized carbons (Fsp3) is 0.364. The number of nitrogens with zero attached hydrogens (tertiary/aromatic N) is 3. The Morgan fingerprint density at radius 3 is 2.87 bits per heavy atom. The topological polar surface area (TPSA) is 101 Å². The average molecular weight is 408 g/mol. The van der Waals surface area contributed by atoms with Crippen molar-refractivity contribution in [3.8, 4) is 5.75 Å². The van der Waals surface area contributed by atoms with Crippen molar-refractivity contribution in [1.29, 1.82) is 0 Å². The van der Waals surface area contributed by atoms with E-state index in [-0.39, 0.29) is 17.5 Å². The molecule has 0 saturated carbocycles. The van der Waals surface area contributed by atoms with E-state index >= 15 is 0 Å². The SMILES string of the molecule is COc1ccc(Cc2cnc(C3CCCN(C(=O)c4cc(C)[nH]c(=O)n4)C3)o2)cc1. The van der Waals surface area contributed by atoms with Gasteiger partial charge in [-0.1, -0.05) is 12.1 Å². The van der Waals surface area contributed by atoms with E-state index in [9.17, 15) is 9.59 Å². The lowest BCUT2D eigenvalue weighted by atomic mass is 9.97. The number of likely N-dealkylation sites (tertiary alicyclic amines) is 1. The molecule has 0 spiro atoms. The second kappa shape index (κ2) is 8.52. The molecule has 1 saturated heterocycles. The second-order valence-electron chi connectivity index (χ2n) is 7.53. The molecule has 1 atom stereocenters. The molecule has 1 aromatic carbocycles. The number of hydrogen-bond acceptors (Lipinski definition) is 6. The van der Waals surface area contributed by atoms with Crippen LogP contribution in [-0.2, 0) is 6.42 Å². The summed E-state index contributed by atoms with van der Waals surface area (Å²) in [6.45, 7) is 2.85. The van der Waals surface area contributed by atoms with Crippen LogP contribution >= 0.6 is 0 Å². The van der Waals surface area contributed by atoms with Crippen LogP contribution in [0.15, 0.2) is 45.7 Å². The molecule has 156 valence electrons. The molecule has 0 bridgehead atoms. The van der Waals surface area contributed by atoms with Crippen molar-refractivity contribution in [2.75, 3.05) is 20.2 Å². The average Bonchev–Trinajstić information content (AvgIpc) is 3.22. The number of carbonyl (C=O) groups excluding carboxylic acids is 1. The molecule has 1 amide bonds. The number of H-pyrrole nitrogens is 1. The third kappa shape index (κ3) is 4.42. The summed E-state index contributed by atoms with van der Waals surface area (Å²) in [6, 6.07) is 9.44. The highest BCUT2D eigenvalue weighted by molar-refractivity contribution is 5.92. The number of oxazole rings is 1. The molecule has 8 nitrogen and oxygen atoms in total. The summed E-state index contributed by atoms with van der Waals surface area (Å²) in [5.74, 6) is 2.03. The molecule has 0 aliphatic carbocycles. The number of aryl methyl sites for hydroxylation is 1. The van der Waals surface area contributed by atoms with Gasteiger partial charge in [-0.3, -0.25) is 4.79 Å². The Kier molecular flexibility index (Phi) is 5.65. The van der Waals surface area contributed by atoms with Crippen molar-refractivity contribution in [3.63, 3.8) is 0 Å². The Morgan fingerprint density at radius 2 is 2.13 bits per heavy atom. The summed E-state index contributed by atoms with van der Waals surface area (Å²) in [6.07, 6.45) is 4.13. The van der Waals surface area contributed by atoms with E-state index in [1.807, 2.05) is 24.3 Å². The van der Waals surface area contributed by atoms with Crippen LogP contribution in [0.5, 0.6) is 5.75 Å². The van der Waals surface area contributed by atoms with Crippen LogP contribution in [0.1, 0.15) is 52.2 Å². The quantitative estimate of drug-likeness (QED) is 0.697.